The predicted octanol–water partition coefficient (Wildman–Crippen LogP) is 7.83. The summed E-state index contributed by atoms with van der Waals surface area (Å²) in [6.45, 7) is 8.31. The lowest BCUT2D eigenvalue weighted by Crippen LogP contribution is -2.06. The van der Waals surface area contributed by atoms with Crippen LogP contribution in [0.1, 0.15) is 29.6 Å². The van der Waals surface area contributed by atoms with Gasteiger partial charge in [-0.25, -0.2) is 9.59 Å². The van der Waals surface area contributed by atoms with E-state index in [0.717, 1.165) is 56.9 Å². The van der Waals surface area contributed by atoms with Crippen molar-refractivity contribution in [3.8, 4) is 22.6 Å². The molecule has 44 heavy (non-hydrogen) atoms. The number of carbonyl (C=O) groups excluding carboxylic acids is 3. The maximum absolute atomic E-state index is 12.9. The van der Waals surface area contributed by atoms with E-state index < -0.39 is 11.9 Å². The monoisotopic (exact) mass is 610 g/mol. The Morgan fingerprint density at radius 2 is 1.14 bits per heavy atom. The highest BCUT2D eigenvalue weighted by Crippen LogP contribution is 2.29. The Kier molecular flexibility index (Phi) is 12.2. The number of esters is 2. The lowest BCUT2D eigenvalue weighted by Gasteiger charge is -2.09. The Balaban J connectivity index is 1.25. The lowest BCUT2D eigenvalue weighted by molar-refractivity contribution is -0.138. The largest absolute Gasteiger partial charge is 0.494 e. The third-order valence-corrected chi connectivity index (χ3v) is 7.42. The zero-order valence-electron chi connectivity index (χ0n) is 24.4. The Labute approximate surface area is 261 Å². The van der Waals surface area contributed by atoms with Crippen LogP contribution in [-0.2, 0) is 19.1 Å². The highest BCUT2D eigenvalue weighted by molar-refractivity contribution is 8.14. The first-order chi connectivity index (χ1) is 21.4. The quantitative estimate of drug-likeness (QED) is 0.0549. The van der Waals surface area contributed by atoms with Crippen molar-refractivity contribution in [2.45, 2.75) is 24.2 Å². The van der Waals surface area contributed by atoms with Gasteiger partial charge < -0.3 is 18.9 Å². The molecule has 7 nitrogen and oxygen atoms in total. The Morgan fingerprint density at radius 1 is 0.591 bits per heavy atom. The molecule has 0 aliphatic rings. The van der Waals surface area contributed by atoms with Gasteiger partial charge in [-0.3, -0.25) is 4.79 Å². The summed E-state index contributed by atoms with van der Waals surface area (Å²) in [4.78, 5) is 35.9. The first-order valence-corrected chi connectivity index (χ1v) is 15.1. The van der Waals surface area contributed by atoms with Gasteiger partial charge >= 0.3 is 11.9 Å². The fourth-order valence-corrected chi connectivity index (χ4v) is 4.91. The summed E-state index contributed by atoms with van der Waals surface area (Å²) in [6, 6.07) is 27.2. The summed E-state index contributed by atoms with van der Waals surface area (Å²) in [5.74, 6) is 0.619. The van der Waals surface area contributed by atoms with Crippen LogP contribution in [0.4, 0.5) is 0 Å². The lowest BCUT2D eigenvalue weighted by atomic mass is 10.0. The van der Waals surface area contributed by atoms with Gasteiger partial charge in [0, 0.05) is 29.0 Å². The average Bonchev–Trinajstić information content (AvgIpc) is 3.06. The fourth-order valence-electron chi connectivity index (χ4n) is 4.17. The minimum atomic E-state index is -0.434. The van der Waals surface area contributed by atoms with E-state index in [0.29, 0.717) is 38.2 Å². The first-order valence-electron chi connectivity index (χ1n) is 14.3. The van der Waals surface area contributed by atoms with Crippen LogP contribution in [0, 0.1) is 0 Å². The van der Waals surface area contributed by atoms with Crippen LogP contribution in [0.15, 0.2) is 115 Å². The van der Waals surface area contributed by atoms with E-state index in [9.17, 15) is 14.4 Å². The number of fused-ring (bicyclic) bond motifs is 1. The molecule has 0 atom stereocenters. The van der Waals surface area contributed by atoms with Gasteiger partial charge in [-0.1, -0.05) is 43.5 Å². The maximum Gasteiger partial charge on any atom is 0.330 e. The molecule has 0 aliphatic carbocycles. The van der Waals surface area contributed by atoms with Crippen LogP contribution in [0.5, 0.6) is 11.5 Å². The van der Waals surface area contributed by atoms with E-state index in [1.165, 1.54) is 11.8 Å². The zero-order chi connectivity index (χ0) is 31.1. The Hall–Kier alpha value is -4.82. The fraction of sp³-hybridized carbons (Fsp3) is 0.194. The summed E-state index contributed by atoms with van der Waals surface area (Å²) < 4.78 is 21.4. The zero-order valence-corrected chi connectivity index (χ0v) is 25.2. The minimum absolute atomic E-state index is 0.0378. The van der Waals surface area contributed by atoms with Crippen molar-refractivity contribution >= 4 is 39.6 Å². The Morgan fingerprint density at radius 3 is 1.84 bits per heavy atom. The number of hydrogen-bond acceptors (Lipinski definition) is 8. The number of carbonyl (C=O) groups is 3. The van der Waals surface area contributed by atoms with Gasteiger partial charge in [-0.15, -0.1) is 0 Å². The normalized spacial score (nSPS) is 10.5. The number of unbranched alkanes of at least 4 members (excludes halogenated alkanes) is 1. The number of rotatable bonds is 16. The van der Waals surface area contributed by atoms with E-state index in [1.54, 1.807) is 0 Å². The maximum atomic E-state index is 12.9. The predicted molar refractivity (Wildman–Crippen MR) is 173 cm³/mol. The molecule has 0 aliphatic heterocycles. The standard InChI is InChI=1S/C36H34O7S/c1-3-34(37)42-21-6-5-20-40-31-16-18-33(19-17-31)44-36(39)27-10-8-26(9-11-27)28-12-13-30-25-32(15-14-29(30)24-28)41-22-7-23-43-35(38)4-2/h3-4,8-19,24-25H,1-2,5-7,20-23H2. The highest BCUT2D eigenvalue weighted by Gasteiger charge is 2.10. The van der Waals surface area contributed by atoms with Crippen LogP contribution >= 0.6 is 11.8 Å². The van der Waals surface area contributed by atoms with Gasteiger partial charge in [0.05, 0.1) is 26.4 Å². The molecule has 0 aromatic heterocycles. The van der Waals surface area contributed by atoms with Crippen LogP contribution < -0.4 is 9.47 Å². The molecule has 0 spiro atoms. The van der Waals surface area contributed by atoms with Gasteiger partial charge in [0.15, 0.2) is 0 Å². The van der Waals surface area contributed by atoms with Gasteiger partial charge in [-0.2, -0.15) is 0 Å². The van der Waals surface area contributed by atoms with Gasteiger partial charge in [0.2, 0.25) is 5.12 Å². The van der Waals surface area contributed by atoms with Crippen molar-refractivity contribution in [3.63, 3.8) is 0 Å². The molecular weight excluding hydrogens is 576 g/mol. The number of benzene rings is 4. The molecule has 4 aromatic carbocycles. The van der Waals surface area contributed by atoms with Crippen LogP contribution in [0.2, 0.25) is 0 Å². The van der Waals surface area contributed by atoms with Crippen molar-refractivity contribution in [1.29, 1.82) is 0 Å². The second kappa shape index (κ2) is 16.7. The molecule has 4 aromatic rings. The second-order valence-corrected chi connectivity index (χ2v) is 10.7. The molecule has 0 N–H and O–H groups in total. The second-order valence-electron chi connectivity index (χ2n) is 9.66. The molecule has 0 bridgehead atoms. The summed E-state index contributed by atoms with van der Waals surface area (Å²) in [6.07, 6.45) is 4.34. The average molecular weight is 611 g/mol. The van der Waals surface area contributed by atoms with Gasteiger partial charge in [0.1, 0.15) is 11.5 Å². The molecule has 226 valence electrons. The Bertz CT molecular complexity index is 1590. The van der Waals surface area contributed by atoms with E-state index in [4.69, 9.17) is 18.9 Å². The van der Waals surface area contributed by atoms with Gasteiger partial charge in [0.25, 0.3) is 0 Å². The van der Waals surface area contributed by atoms with E-state index in [2.05, 4.69) is 19.2 Å². The molecule has 0 fully saturated rings. The number of hydrogen-bond donors (Lipinski definition) is 0. The first kappa shape index (κ1) is 32.1. The van der Waals surface area contributed by atoms with E-state index in [1.807, 2.05) is 78.9 Å². The minimum Gasteiger partial charge on any atom is -0.494 e. The number of thioether (sulfide) groups is 1. The van der Waals surface area contributed by atoms with Gasteiger partial charge in [-0.05, 0) is 101 Å². The van der Waals surface area contributed by atoms with Crippen molar-refractivity contribution in [1.82, 2.24) is 0 Å². The molecule has 0 saturated heterocycles. The van der Waals surface area contributed by atoms with Crippen LogP contribution in [-0.4, -0.2) is 43.5 Å². The molecular formula is C36H34O7S. The van der Waals surface area contributed by atoms with E-state index >= 15 is 0 Å². The summed E-state index contributed by atoms with van der Waals surface area (Å²) >= 11 is 1.17. The summed E-state index contributed by atoms with van der Waals surface area (Å²) in [7, 11) is 0. The molecule has 0 saturated carbocycles. The molecule has 8 heteroatoms. The topological polar surface area (TPSA) is 88.1 Å². The SMILES string of the molecule is C=CC(=O)OCCCCOc1ccc(SC(=O)c2ccc(-c3ccc4cc(OCCCOC(=O)C=C)ccc4c3)cc2)cc1. The van der Waals surface area contributed by atoms with Crippen molar-refractivity contribution in [3.05, 3.63) is 116 Å². The molecule has 4 rings (SSSR count). The van der Waals surface area contributed by atoms with E-state index in [-0.39, 0.29) is 11.7 Å². The molecule has 0 amide bonds. The third kappa shape index (κ3) is 9.88. The molecule has 0 radical (unpaired) electrons. The summed E-state index contributed by atoms with van der Waals surface area (Å²) in [5, 5.41) is 2.09. The van der Waals surface area contributed by atoms with Crippen molar-refractivity contribution in [2.75, 3.05) is 26.4 Å². The smallest absolute Gasteiger partial charge is 0.330 e. The molecule has 0 heterocycles. The summed E-state index contributed by atoms with van der Waals surface area (Å²) in [5.41, 5.74) is 2.69. The molecule has 0 unspecified atom stereocenters. The highest BCUT2D eigenvalue weighted by atomic mass is 32.2. The van der Waals surface area contributed by atoms with Crippen molar-refractivity contribution < 1.29 is 33.3 Å². The van der Waals surface area contributed by atoms with Crippen molar-refractivity contribution in [2.24, 2.45) is 0 Å². The third-order valence-electron chi connectivity index (χ3n) is 6.49. The van der Waals surface area contributed by atoms with Crippen LogP contribution in [0.3, 0.4) is 0 Å². The van der Waals surface area contributed by atoms with Crippen LogP contribution in [0.25, 0.3) is 21.9 Å². The number of ether oxygens (including phenoxy) is 4.